The first-order valence-corrected chi connectivity index (χ1v) is 9.96. The fraction of sp³-hybridized carbons (Fsp3) is 0.211. The van der Waals surface area contributed by atoms with E-state index in [0.717, 1.165) is 37.7 Å². The Balaban J connectivity index is 1.40. The van der Waals surface area contributed by atoms with Gasteiger partial charge in [-0.05, 0) is 36.4 Å². The van der Waals surface area contributed by atoms with Crippen LogP contribution in [-0.4, -0.2) is 42.4 Å². The zero-order valence-electron chi connectivity index (χ0n) is 14.9. The molecule has 1 aliphatic heterocycles. The van der Waals surface area contributed by atoms with Crippen molar-refractivity contribution in [1.29, 1.82) is 0 Å². The molecule has 1 fully saturated rings. The lowest BCUT2D eigenvalue weighted by atomic mass is 10.2. The third-order valence-corrected chi connectivity index (χ3v) is 5.46. The standard InChI is InChI=1S/C19H18ClN5O2S/c20-17-6-5-16(28-17)19(26)23-14-3-1-13(2-4-14)22-18-11-15(12-21-24-18)25-7-9-27-10-8-25/h1-6,11-12H,7-10H2,(H,22,24)(H,23,26). The average molecular weight is 416 g/mol. The van der Waals surface area contributed by atoms with Gasteiger partial charge in [-0.2, -0.15) is 5.10 Å². The van der Waals surface area contributed by atoms with Crippen molar-refractivity contribution >= 4 is 51.7 Å². The number of thiophene rings is 1. The molecule has 0 saturated carbocycles. The normalized spacial score (nSPS) is 14.0. The molecule has 0 aliphatic carbocycles. The van der Waals surface area contributed by atoms with E-state index in [1.807, 2.05) is 30.3 Å². The molecule has 144 valence electrons. The van der Waals surface area contributed by atoms with Crippen molar-refractivity contribution < 1.29 is 9.53 Å². The second kappa shape index (κ2) is 8.55. The van der Waals surface area contributed by atoms with Crippen LogP contribution in [0.5, 0.6) is 0 Å². The number of nitrogens with one attached hydrogen (secondary N) is 2. The summed E-state index contributed by atoms with van der Waals surface area (Å²) in [7, 11) is 0. The molecule has 28 heavy (non-hydrogen) atoms. The Morgan fingerprint density at radius 2 is 1.86 bits per heavy atom. The van der Waals surface area contributed by atoms with Crippen molar-refractivity contribution in [3.8, 4) is 0 Å². The van der Waals surface area contributed by atoms with Crippen molar-refractivity contribution in [2.75, 3.05) is 41.8 Å². The van der Waals surface area contributed by atoms with Crippen LogP contribution in [0.15, 0.2) is 48.7 Å². The van der Waals surface area contributed by atoms with Gasteiger partial charge in [-0.25, -0.2) is 0 Å². The van der Waals surface area contributed by atoms with E-state index in [1.165, 1.54) is 11.3 Å². The average Bonchev–Trinajstić information content (AvgIpc) is 3.17. The number of carbonyl (C=O) groups is 1. The molecule has 1 aromatic carbocycles. The van der Waals surface area contributed by atoms with E-state index in [9.17, 15) is 4.79 Å². The summed E-state index contributed by atoms with van der Waals surface area (Å²) in [6, 6.07) is 12.8. The summed E-state index contributed by atoms with van der Waals surface area (Å²) in [6.07, 6.45) is 1.76. The van der Waals surface area contributed by atoms with Crippen molar-refractivity contribution in [2.45, 2.75) is 0 Å². The SMILES string of the molecule is O=C(Nc1ccc(Nc2cc(N3CCOCC3)cnn2)cc1)c1ccc(Cl)s1. The van der Waals surface area contributed by atoms with E-state index in [0.29, 0.717) is 20.7 Å². The lowest BCUT2D eigenvalue weighted by Gasteiger charge is -2.28. The van der Waals surface area contributed by atoms with Gasteiger partial charge >= 0.3 is 0 Å². The molecule has 4 rings (SSSR count). The maximum Gasteiger partial charge on any atom is 0.265 e. The van der Waals surface area contributed by atoms with Gasteiger partial charge in [0.25, 0.3) is 5.91 Å². The fourth-order valence-electron chi connectivity index (χ4n) is 2.83. The minimum atomic E-state index is -0.179. The molecule has 7 nitrogen and oxygen atoms in total. The van der Waals surface area contributed by atoms with Gasteiger partial charge in [-0.3, -0.25) is 4.79 Å². The monoisotopic (exact) mass is 415 g/mol. The summed E-state index contributed by atoms with van der Waals surface area (Å²) in [5.41, 5.74) is 2.57. The van der Waals surface area contributed by atoms with E-state index in [-0.39, 0.29) is 5.91 Å². The van der Waals surface area contributed by atoms with Crippen molar-refractivity contribution in [1.82, 2.24) is 10.2 Å². The van der Waals surface area contributed by atoms with Gasteiger partial charge in [0.05, 0.1) is 34.3 Å². The zero-order chi connectivity index (χ0) is 19.3. The Morgan fingerprint density at radius 3 is 2.57 bits per heavy atom. The second-order valence-electron chi connectivity index (χ2n) is 6.16. The van der Waals surface area contributed by atoms with Crippen LogP contribution in [0, 0.1) is 0 Å². The van der Waals surface area contributed by atoms with Gasteiger partial charge < -0.3 is 20.3 Å². The molecule has 0 bridgehead atoms. The number of carbonyl (C=O) groups excluding carboxylic acids is 1. The molecule has 0 radical (unpaired) electrons. The van der Waals surface area contributed by atoms with E-state index in [2.05, 4.69) is 25.7 Å². The highest BCUT2D eigenvalue weighted by molar-refractivity contribution is 7.18. The number of amides is 1. The summed E-state index contributed by atoms with van der Waals surface area (Å²) < 4.78 is 5.97. The lowest BCUT2D eigenvalue weighted by Crippen LogP contribution is -2.36. The maximum atomic E-state index is 12.2. The summed E-state index contributed by atoms with van der Waals surface area (Å²) in [5.74, 6) is 0.482. The number of halogens is 1. The number of hydrogen-bond donors (Lipinski definition) is 2. The highest BCUT2D eigenvalue weighted by Crippen LogP contribution is 2.24. The Morgan fingerprint density at radius 1 is 1.11 bits per heavy atom. The third-order valence-electron chi connectivity index (χ3n) is 4.23. The van der Waals surface area contributed by atoms with Crippen molar-refractivity contribution in [3.63, 3.8) is 0 Å². The number of rotatable bonds is 5. The van der Waals surface area contributed by atoms with Crippen LogP contribution < -0.4 is 15.5 Å². The predicted octanol–water partition coefficient (Wildman–Crippen LogP) is 4.02. The van der Waals surface area contributed by atoms with Crippen LogP contribution >= 0.6 is 22.9 Å². The van der Waals surface area contributed by atoms with Gasteiger partial charge in [0, 0.05) is 30.5 Å². The number of nitrogens with zero attached hydrogens (tertiary/aromatic N) is 3. The summed E-state index contributed by atoms with van der Waals surface area (Å²) >= 11 is 7.12. The van der Waals surface area contributed by atoms with E-state index >= 15 is 0 Å². The number of hydrogen-bond acceptors (Lipinski definition) is 7. The molecular weight excluding hydrogens is 398 g/mol. The van der Waals surface area contributed by atoms with Crippen LogP contribution in [0.2, 0.25) is 4.34 Å². The molecule has 0 spiro atoms. The summed E-state index contributed by atoms with van der Waals surface area (Å²) in [4.78, 5) is 15.0. The van der Waals surface area contributed by atoms with Crippen molar-refractivity contribution in [2.24, 2.45) is 0 Å². The number of benzene rings is 1. The molecule has 9 heteroatoms. The molecule has 1 aliphatic rings. The van der Waals surface area contributed by atoms with E-state index in [4.69, 9.17) is 16.3 Å². The number of aromatic nitrogens is 2. The Labute approximate surface area is 171 Å². The first kappa shape index (κ1) is 18.7. The molecule has 1 saturated heterocycles. The summed E-state index contributed by atoms with van der Waals surface area (Å²) in [5, 5.41) is 14.3. The van der Waals surface area contributed by atoms with Gasteiger partial charge in [-0.1, -0.05) is 11.6 Å². The Bertz CT molecular complexity index is 957. The quantitative estimate of drug-likeness (QED) is 0.655. The molecule has 2 N–H and O–H groups in total. The highest BCUT2D eigenvalue weighted by atomic mass is 35.5. The smallest absolute Gasteiger partial charge is 0.265 e. The Kier molecular flexibility index (Phi) is 5.70. The molecule has 2 aromatic heterocycles. The molecule has 0 unspecified atom stereocenters. The van der Waals surface area contributed by atoms with Gasteiger partial charge in [0.1, 0.15) is 0 Å². The number of morpholine rings is 1. The zero-order valence-corrected chi connectivity index (χ0v) is 16.5. The molecule has 1 amide bonds. The Hall–Kier alpha value is -2.68. The van der Waals surface area contributed by atoms with Gasteiger partial charge in [0.2, 0.25) is 0 Å². The van der Waals surface area contributed by atoms with Gasteiger partial charge in [-0.15, -0.1) is 16.4 Å². The van der Waals surface area contributed by atoms with Crippen LogP contribution in [0.3, 0.4) is 0 Å². The first-order valence-electron chi connectivity index (χ1n) is 8.76. The second-order valence-corrected chi connectivity index (χ2v) is 7.87. The van der Waals surface area contributed by atoms with E-state index in [1.54, 1.807) is 18.3 Å². The number of anilines is 4. The van der Waals surface area contributed by atoms with Crippen LogP contribution in [0.1, 0.15) is 9.67 Å². The first-order chi connectivity index (χ1) is 13.7. The predicted molar refractivity (Wildman–Crippen MR) is 112 cm³/mol. The minimum absolute atomic E-state index is 0.179. The highest BCUT2D eigenvalue weighted by Gasteiger charge is 2.13. The fourth-order valence-corrected chi connectivity index (χ4v) is 3.76. The molecular formula is C19H18ClN5O2S. The number of ether oxygens (including phenoxy) is 1. The van der Waals surface area contributed by atoms with E-state index < -0.39 is 0 Å². The topological polar surface area (TPSA) is 79.4 Å². The molecule has 0 atom stereocenters. The van der Waals surface area contributed by atoms with Crippen LogP contribution in [-0.2, 0) is 4.74 Å². The van der Waals surface area contributed by atoms with Crippen LogP contribution in [0.25, 0.3) is 0 Å². The third kappa shape index (κ3) is 4.59. The lowest BCUT2D eigenvalue weighted by molar-refractivity contribution is 0.103. The van der Waals surface area contributed by atoms with Crippen LogP contribution in [0.4, 0.5) is 22.9 Å². The molecule has 3 aromatic rings. The van der Waals surface area contributed by atoms with Gasteiger partial charge in [0.15, 0.2) is 5.82 Å². The molecule has 3 heterocycles. The maximum absolute atomic E-state index is 12.2. The minimum Gasteiger partial charge on any atom is -0.378 e. The summed E-state index contributed by atoms with van der Waals surface area (Å²) in [6.45, 7) is 3.12. The largest absolute Gasteiger partial charge is 0.378 e. The van der Waals surface area contributed by atoms with Crippen molar-refractivity contribution in [3.05, 3.63) is 57.9 Å².